The predicted octanol–water partition coefficient (Wildman–Crippen LogP) is 1.06. The largest absolute Gasteiger partial charge is 0.386 e. The van der Waals surface area contributed by atoms with E-state index in [0.717, 1.165) is 5.65 Å². The van der Waals surface area contributed by atoms with Crippen LogP contribution in [0.1, 0.15) is 6.42 Å². The molecule has 1 atom stereocenters. The zero-order chi connectivity index (χ0) is 12.6. The molecule has 0 radical (unpaired) electrons. The van der Waals surface area contributed by atoms with Gasteiger partial charge in [-0.05, 0) is 15.9 Å². The minimum atomic E-state index is -0.812. The van der Waals surface area contributed by atoms with Crippen LogP contribution in [-0.4, -0.2) is 44.8 Å². The molecule has 0 amide bonds. The van der Waals surface area contributed by atoms with E-state index in [1.807, 2.05) is 16.8 Å². The number of hydrogen-bond donors (Lipinski definition) is 2. The van der Waals surface area contributed by atoms with E-state index in [2.05, 4.69) is 31.2 Å². The number of imidazole rings is 1. The lowest BCUT2D eigenvalue weighted by molar-refractivity contribution is 0.0381. The summed E-state index contributed by atoms with van der Waals surface area (Å²) < 4.78 is 7.79. The topological polar surface area (TPSA) is 71.7 Å². The molecule has 1 fully saturated rings. The second-order valence-electron chi connectivity index (χ2n) is 4.45. The number of nitrogens with one attached hydrogen (secondary N) is 1. The summed E-state index contributed by atoms with van der Waals surface area (Å²) in [6, 6.07) is 0. The summed E-state index contributed by atoms with van der Waals surface area (Å²) in [6.07, 6.45) is 6.03. The van der Waals surface area contributed by atoms with E-state index in [1.54, 1.807) is 6.20 Å². The van der Waals surface area contributed by atoms with E-state index in [0.29, 0.717) is 36.6 Å². The van der Waals surface area contributed by atoms with Crippen LogP contribution in [0, 0.1) is 0 Å². The second-order valence-corrected chi connectivity index (χ2v) is 5.26. The molecular formula is C11H13BrN4O2. The average molecular weight is 313 g/mol. The molecular weight excluding hydrogens is 300 g/mol. The van der Waals surface area contributed by atoms with Crippen molar-refractivity contribution in [2.75, 3.05) is 25.1 Å². The van der Waals surface area contributed by atoms with Crippen LogP contribution in [0.15, 0.2) is 23.2 Å². The van der Waals surface area contributed by atoms with E-state index in [-0.39, 0.29) is 0 Å². The van der Waals surface area contributed by atoms with Gasteiger partial charge in [0.2, 0.25) is 0 Å². The number of halogens is 1. The van der Waals surface area contributed by atoms with Crippen molar-refractivity contribution in [2.24, 2.45) is 0 Å². The highest BCUT2D eigenvalue weighted by atomic mass is 79.9. The molecule has 2 N–H and O–H groups in total. The minimum Gasteiger partial charge on any atom is -0.386 e. The van der Waals surface area contributed by atoms with Crippen molar-refractivity contribution in [3.05, 3.63) is 23.2 Å². The van der Waals surface area contributed by atoms with Gasteiger partial charge >= 0.3 is 0 Å². The van der Waals surface area contributed by atoms with Gasteiger partial charge in [-0.25, -0.2) is 9.97 Å². The van der Waals surface area contributed by atoms with Gasteiger partial charge in [-0.1, -0.05) is 0 Å². The summed E-state index contributed by atoms with van der Waals surface area (Å²) in [5, 5.41) is 13.3. The first kappa shape index (κ1) is 11.9. The Labute approximate surface area is 112 Å². The molecule has 0 saturated carbocycles. The van der Waals surface area contributed by atoms with E-state index in [9.17, 15) is 5.11 Å². The smallest absolute Gasteiger partial charge is 0.180 e. The summed E-state index contributed by atoms with van der Waals surface area (Å²) in [5.41, 5.74) is -0.0752. The maximum absolute atomic E-state index is 10.2. The van der Waals surface area contributed by atoms with E-state index < -0.39 is 5.60 Å². The van der Waals surface area contributed by atoms with Crippen molar-refractivity contribution in [2.45, 2.75) is 12.0 Å². The molecule has 6 nitrogen and oxygen atoms in total. The standard InChI is InChI=1S/C11H13BrN4O2/c12-8-5-16-3-2-13-10(16)9(15-8)14-6-11(17)1-4-18-7-11/h2-3,5,17H,1,4,6-7H2,(H,14,15). The number of anilines is 1. The second kappa shape index (κ2) is 4.49. The molecule has 7 heteroatoms. The summed E-state index contributed by atoms with van der Waals surface area (Å²) in [6.45, 7) is 1.36. The molecule has 3 rings (SSSR count). The molecule has 1 saturated heterocycles. The highest BCUT2D eigenvalue weighted by Gasteiger charge is 2.32. The summed E-state index contributed by atoms with van der Waals surface area (Å²) in [5.74, 6) is 0.648. The maximum atomic E-state index is 10.2. The van der Waals surface area contributed by atoms with Gasteiger partial charge in [0, 0.05) is 38.2 Å². The summed E-state index contributed by atoms with van der Waals surface area (Å²) in [4.78, 5) is 8.57. The van der Waals surface area contributed by atoms with Gasteiger partial charge < -0.3 is 19.6 Å². The van der Waals surface area contributed by atoms with Crippen LogP contribution in [0.5, 0.6) is 0 Å². The Balaban J connectivity index is 1.83. The summed E-state index contributed by atoms with van der Waals surface area (Å²) >= 11 is 3.35. The lowest BCUT2D eigenvalue weighted by atomic mass is 10.0. The molecule has 2 aromatic heterocycles. The number of nitrogens with zero attached hydrogens (tertiary/aromatic N) is 3. The third-order valence-corrected chi connectivity index (χ3v) is 3.39. The fourth-order valence-electron chi connectivity index (χ4n) is 2.00. The molecule has 0 aliphatic carbocycles. The first-order chi connectivity index (χ1) is 8.66. The van der Waals surface area contributed by atoms with Gasteiger partial charge in [-0.3, -0.25) is 0 Å². The Morgan fingerprint density at radius 3 is 3.28 bits per heavy atom. The summed E-state index contributed by atoms with van der Waals surface area (Å²) in [7, 11) is 0. The number of fused-ring (bicyclic) bond motifs is 1. The molecule has 1 unspecified atom stereocenters. The Kier molecular flexibility index (Phi) is 2.96. The third-order valence-electron chi connectivity index (χ3n) is 3.01. The highest BCUT2D eigenvalue weighted by molar-refractivity contribution is 9.10. The number of hydrogen-bond acceptors (Lipinski definition) is 5. The Morgan fingerprint density at radius 2 is 2.50 bits per heavy atom. The number of ether oxygens (including phenoxy) is 1. The SMILES string of the molecule is OC1(CNc2nc(Br)cn3ccnc23)CCOC1. The molecule has 1 aliphatic rings. The average Bonchev–Trinajstić information content (AvgIpc) is 2.95. The van der Waals surface area contributed by atoms with Crippen LogP contribution in [0.3, 0.4) is 0 Å². The van der Waals surface area contributed by atoms with E-state index in [1.165, 1.54) is 0 Å². The fraction of sp³-hybridized carbons (Fsp3) is 0.455. The molecule has 96 valence electrons. The highest BCUT2D eigenvalue weighted by Crippen LogP contribution is 2.21. The third kappa shape index (κ3) is 2.21. The van der Waals surface area contributed by atoms with Crippen LogP contribution in [0.4, 0.5) is 5.82 Å². The van der Waals surface area contributed by atoms with Gasteiger partial charge in [0.15, 0.2) is 11.5 Å². The van der Waals surface area contributed by atoms with Gasteiger partial charge in [-0.2, -0.15) is 0 Å². The molecule has 3 heterocycles. The Bertz CT molecular complexity index is 565. The van der Waals surface area contributed by atoms with Crippen molar-refractivity contribution in [1.29, 1.82) is 0 Å². The molecule has 18 heavy (non-hydrogen) atoms. The van der Waals surface area contributed by atoms with Crippen molar-refractivity contribution in [3.63, 3.8) is 0 Å². The van der Waals surface area contributed by atoms with Gasteiger partial charge in [0.05, 0.1) is 6.61 Å². The molecule has 0 spiro atoms. The Morgan fingerprint density at radius 1 is 1.61 bits per heavy atom. The number of rotatable bonds is 3. The molecule has 2 aromatic rings. The number of aromatic nitrogens is 3. The Hall–Kier alpha value is -1.18. The molecule has 1 aliphatic heterocycles. The fourth-order valence-corrected chi connectivity index (χ4v) is 2.40. The van der Waals surface area contributed by atoms with Crippen molar-refractivity contribution < 1.29 is 9.84 Å². The first-order valence-electron chi connectivity index (χ1n) is 5.70. The van der Waals surface area contributed by atoms with Crippen molar-refractivity contribution in [1.82, 2.24) is 14.4 Å². The quantitative estimate of drug-likeness (QED) is 0.886. The van der Waals surface area contributed by atoms with Gasteiger partial charge in [0.25, 0.3) is 0 Å². The van der Waals surface area contributed by atoms with Crippen LogP contribution in [-0.2, 0) is 4.74 Å². The van der Waals surface area contributed by atoms with Crippen LogP contribution in [0.2, 0.25) is 0 Å². The van der Waals surface area contributed by atoms with Gasteiger partial charge in [-0.15, -0.1) is 0 Å². The molecule has 0 bridgehead atoms. The van der Waals surface area contributed by atoms with Gasteiger partial charge in [0.1, 0.15) is 10.2 Å². The first-order valence-corrected chi connectivity index (χ1v) is 6.49. The maximum Gasteiger partial charge on any atom is 0.180 e. The lowest BCUT2D eigenvalue weighted by Crippen LogP contribution is -2.37. The lowest BCUT2D eigenvalue weighted by Gasteiger charge is -2.21. The zero-order valence-electron chi connectivity index (χ0n) is 9.64. The number of aliphatic hydroxyl groups is 1. The molecule has 0 aromatic carbocycles. The van der Waals surface area contributed by atoms with Crippen molar-refractivity contribution >= 4 is 27.4 Å². The van der Waals surface area contributed by atoms with Crippen LogP contribution < -0.4 is 5.32 Å². The monoisotopic (exact) mass is 312 g/mol. The normalized spacial score (nSPS) is 23.7. The van der Waals surface area contributed by atoms with E-state index >= 15 is 0 Å². The van der Waals surface area contributed by atoms with Crippen molar-refractivity contribution in [3.8, 4) is 0 Å². The zero-order valence-corrected chi connectivity index (χ0v) is 11.2. The minimum absolute atomic E-state index is 0.360. The predicted molar refractivity (Wildman–Crippen MR) is 69.6 cm³/mol. The van der Waals surface area contributed by atoms with E-state index in [4.69, 9.17) is 4.74 Å². The van der Waals surface area contributed by atoms with Crippen LogP contribution in [0.25, 0.3) is 5.65 Å². The van der Waals surface area contributed by atoms with Crippen LogP contribution >= 0.6 is 15.9 Å².